The summed E-state index contributed by atoms with van der Waals surface area (Å²) >= 11 is 1.63. The van der Waals surface area contributed by atoms with Gasteiger partial charge in [-0.3, -0.25) is 4.98 Å². The number of thiazole rings is 1. The Morgan fingerprint density at radius 1 is 1.29 bits per heavy atom. The zero-order valence-electron chi connectivity index (χ0n) is 17.6. The first-order valence-corrected chi connectivity index (χ1v) is 11.2. The van der Waals surface area contributed by atoms with Gasteiger partial charge in [-0.25, -0.2) is 9.78 Å². The molecule has 0 unspecified atom stereocenters. The number of pyridine rings is 1. The highest BCUT2D eigenvalue weighted by Crippen LogP contribution is 2.43. The molecule has 0 radical (unpaired) electrons. The molecule has 1 amide bonds. The Bertz CT molecular complexity index is 1090. The number of fused-ring (bicyclic) bond motifs is 1. The number of carbonyl (C=O) groups is 1. The Kier molecular flexibility index (Phi) is 5.12. The Hall–Kier alpha value is -2.96. The highest BCUT2D eigenvalue weighted by atomic mass is 32.1. The van der Waals surface area contributed by atoms with Crippen molar-refractivity contribution in [1.82, 2.24) is 14.9 Å². The summed E-state index contributed by atoms with van der Waals surface area (Å²) in [6.07, 6.45) is 2.03. The maximum absolute atomic E-state index is 12.3. The molecular formula is C22H23N5O3S. The van der Waals surface area contributed by atoms with Gasteiger partial charge in [0.2, 0.25) is 0 Å². The number of nitrogens with zero attached hydrogens (tertiary/aromatic N) is 5. The van der Waals surface area contributed by atoms with Crippen LogP contribution in [-0.4, -0.2) is 66.5 Å². The molecule has 1 aliphatic carbocycles. The van der Waals surface area contributed by atoms with E-state index in [0.717, 1.165) is 33.2 Å². The van der Waals surface area contributed by atoms with Gasteiger partial charge >= 0.3 is 6.09 Å². The maximum atomic E-state index is 12.3. The lowest BCUT2D eigenvalue weighted by molar-refractivity contribution is -0.104. The smallest absolute Gasteiger partial charge is 0.410 e. The largest absolute Gasteiger partial charge is 0.441 e. The van der Waals surface area contributed by atoms with E-state index in [0.29, 0.717) is 51.4 Å². The third-order valence-corrected chi connectivity index (χ3v) is 7.19. The van der Waals surface area contributed by atoms with Crippen molar-refractivity contribution in [2.45, 2.75) is 26.4 Å². The number of hydrogen-bond acceptors (Lipinski definition) is 8. The van der Waals surface area contributed by atoms with E-state index in [2.05, 4.69) is 27.9 Å². The number of aryl methyl sites for hydroxylation is 2. The number of allylic oxidation sites excluding steroid dienone is 2. The van der Waals surface area contributed by atoms with E-state index in [1.54, 1.807) is 16.2 Å². The molecule has 31 heavy (non-hydrogen) atoms. The van der Waals surface area contributed by atoms with Crippen LogP contribution in [-0.2, 0) is 15.9 Å². The molecular weight excluding hydrogens is 414 g/mol. The van der Waals surface area contributed by atoms with Gasteiger partial charge in [0.25, 0.3) is 0 Å². The van der Waals surface area contributed by atoms with E-state index in [-0.39, 0.29) is 12.2 Å². The monoisotopic (exact) mass is 437 g/mol. The number of aromatic nitrogens is 2. The van der Waals surface area contributed by atoms with Crippen molar-refractivity contribution in [1.29, 1.82) is 5.26 Å². The second-order valence-electron chi connectivity index (χ2n) is 7.97. The number of anilines is 1. The summed E-state index contributed by atoms with van der Waals surface area (Å²) in [5, 5.41) is 10.9. The minimum atomic E-state index is -0.276. The summed E-state index contributed by atoms with van der Waals surface area (Å²) in [7, 11) is 0. The van der Waals surface area contributed by atoms with Crippen LogP contribution < -0.4 is 4.90 Å². The molecule has 0 aromatic carbocycles. The maximum Gasteiger partial charge on any atom is 0.410 e. The molecule has 5 rings (SSSR count). The number of amides is 1. The van der Waals surface area contributed by atoms with Gasteiger partial charge in [0.1, 0.15) is 11.1 Å². The van der Waals surface area contributed by atoms with Crippen LogP contribution in [0.5, 0.6) is 0 Å². The normalized spacial score (nSPS) is 18.6. The lowest BCUT2D eigenvalue weighted by Crippen LogP contribution is -2.51. The molecule has 2 aromatic rings. The second-order valence-corrected chi connectivity index (χ2v) is 9.18. The molecule has 0 atom stereocenters. The molecule has 2 fully saturated rings. The van der Waals surface area contributed by atoms with Crippen molar-refractivity contribution in [2.24, 2.45) is 0 Å². The summed E-state index contributed by atoms with van der Waals surface area (Å²) in [5.41, 5.74) is 5.46. The van der Waals surface area contributed by atoms with E-state index in [1.807, 2.05) is 19.2 Å². The third kappa shape index (κ3) is 3.56. The second kappa shape index (κ2) is 7.94. The zero-order chi connectivity index (χ0) is 21.5. The van der Waals surface area contributed by atoms with E-state index in [1.165, 1.54) is 4.88 Å². The summed E-state index contributed by atoms with van der Waals surface area (Å²) in [6.45, 7) is 7.52. The van der Waals surface area contributed by atoms with E-state index in [4.69, 9.17) is 9.47 Å². The molecule has 2 aliphatic heterocycles. The average molecular weight is 438 g/mol. The molecule has 160 valence electrons. The van der Waals surface area contributed by atoms with Crippen molar-refractivity contribution in [3.63, 3.8) is 0 Å². The van der Waals surface area contributed by atoms with Crippen molar-refractivity contribution >= 4 is 34.3 Å². The van der Waals surface area contributed by atoms with Gasteiger partial charge in [-0.05, 0) is 19.9 Å². The van der Waals surface area contributed by atoms with Crippen LogP contribution in [0.3, 0.4) is 0 Å². The van der Waals surface area contributed by atoms with Gasteiger partial charge in [-0.2, -0.15) is 5.26 Å². The van der Waals surface area contributed by atoms with E-state index < -0.39 is 0 Å². The topological polar surface area (TPSA) is 91.6 Å². The number of carbonyl (C=O) groups excluding carboxylic acids is 1. The molecule has 0 N–H and O–H groups in total. The number of ether oxygens (including phenoxy) is 2. The first kappa shape index (κ1) is 20.0. The Morgan fingerprint density at radius 2 is 2.06 bits per heavy atom. The molecule has 0 bridgehead atoms. The molecule has 4 heterocycles. The first-order valence-electron chi connectivity index (χ1n) is 10.4. The van der Waals surface area contributed by atoms with Gasteiger partial charge in [-0.1, -0.05) is 0 Å². The Morgan fingerprint density at radius 3 is 2.68 bits per heavy atom. The van der Waals surface area contributed by atoms with Gasteiger partial charge in [0.05, 0.1) is 30.2 Å². The summed E-state index contributed by atoms with van der Waals surface area (Å²) < 4.78 is 10.5. The zero-order valence-corrected chi connectivity index (χ0v) is 18.4. The number of rotatable bonds is 3. The lowest BCUT2D eigenvalue weighted by Gasteiger charge is -2.37. The molecule has 8 nitrogen and oxygen atoms in total. The minimum Gasteiger partial charge on any atom is -0.441 e. The van der Waals surface area contributed by atoms with Crippen molar-refractivity contribution in [2.75, 3.05) is 44.3 Å². The molecule has 9 heteroatoms. The van der Waals surface area contributed by atoms with Crippen LogP contribution in [0.15, 0.2) is 12.3 Å². The molecule has 0 saturated carbocycles. The fourth-order valence-corrected chi connectivity index (χ4v) is 5.07. The van der Waals surface area contributed by atoms with Gasteiger partial charge < -0.3 is 19.3 Å². The lowest BCUT2D eigenvalue weighted by atomic mass is 10.1. The SMILES string of the molecule is Cc1nc(C2=C(C#N)c3c(N4CCN(C(=O)OC5COC5)CC4)ccnc3C2)sc1C. The number of hydrogen-bond donors (Lipinski definition) is 0. The fraction of sp³-hybridized carbons (Fsp3) is 0.455. The predicted octanol–water partition coefficient (Wildman–Crippen LogP) is 2.80. The van der Waals surface area contributed by atoms with Crippen molar-refractivity contribution < 1.29 is 14.3 Å². The van der Waals surface area contributed by atoms with Gasteiger partial charge in [0.15, 0.2) is 6.10 Å². The molecule has 0 spiro atoms. The van der Waals surface area contributed by atoms with Gasteiger partial charge in [-0.15, -0.1) is 11.3 Å². The van der Waals surface area contributed by atoms with Gasteiger partial charge in [0, 0.05) is 60.5 Å². The summed E-state index contributed by atoms with van der Waals surface area (Å²) in [5.74, 6) is 0. The Labute approximate surface area is 184 Å². The number of piperazine rings is 1. The van der Waals surface area contributed by atoms with E-state index in [9.17, 15) is 10.1 Å². The molecule has 3 aliphatic rings. The van der Waals surface area contributed by atoms with Crippen LogP contribution in [0.4, 0.5) is 10.5 Å². The Balaban J connectivity index is 1.38. The van der Waals surface area contributed by atoms with Crippen molar-refractivity contribution in [3.05, 3.63) is 39.1 Å². The first-order chi connectivity index (χ1) is 15.0. The van der Waals surface area contributed by atoms with Crippen LogP contribution in [0, 0.1) is 25.2 Å². The average Bonchev–Trinajstić information content (AvgIpc) is 3.30. The minimum absolute atomic E-state index is 0.117. The van der Waals surface area contributed by atoms with Crippen molar-refractivity contribution in [3.8, 4) is 6.07 Å². The highest BCUT2D eigenvalue weighted by Gasteiger charge is 2.32. The van der Waals surface area contributed by atoms with Crippen LogP contribution in [0.2, 0.25) is 0 Å². The highest BCUT2D eigenvalue weighted by molar-refractivity contribution is 7.12. The standard InChI is InChI=1S/C22H23N5O3S/c1-13-14(2)31-21(25-13)16-9-18-20(17(16)10-23)19(3-4-24-18)26-5-7-27(8-6-26)22(28)30-15-11-29-12-15/h3-4,15H,5-9,11-12H2,1-2H3. The quantitative estimate of drug-likeness (QED) is 0.729. The van der Waals surface area contributed by atoms with Crippen LogP contribution in [0.1, 0.15) is 26.8 Å². The van der Waals surface area contributed by atoms with E-state index >= 15 is 0 Å². The number of nitriles is 1. The summed E-state index contributed by atoms with van der Waals surface area (Å²) in [6, 6.07) is 4.39. The molecule has 2 saturated heterocycles. The third-order valence-electron chi connectivity index (χ3n) is 6.06. The van der Waals surface area contributed by atoms with Crippen LogP contribution in [0.25, 0.3) is 11.1 Å². The summed E-state index contributed by atoms with van der Waals surface area (Å²) in [4.78, 5) is 26.7. The van der Waals surface area contributed by atoms with Crippen LogP contribution >= 0.6 is 11.3 Å². The molecule has 2 aromatic heterocycles. The fourth-order valence-electron chi connectivity index (χ4n) is 4.11. The predicted molar refractivity (Wildman–Crippen MR) is 117 cm³/mol.